The van der Waals surface area contributed by atoms with Crippen molar-refractivity contribution >= 4 is 12.6 Å². The van der Waals surface area contributed by atoms with Crippen molar-refractivity contribution in [1.29, 1.82) is 0 Å². The second kappa shape index (κ2) is 2.91. The fourth-order valence-electron chi connectivity index (χ4n) is 2.70. The maximum atomic E-state index is 4.49. The van der Waals surface area contributed by atoms with E-state index in [0.29, 0.717) is 10.8 Å². The van der Waals surface area contributed by atoms with Gasteiger partial charge >= 0.3 is 0 Å². The predicted octanol–water partition coefficient (Wildman–Crippen LogP) is 2.38. The van der Waals surface area contributed by atoms with Crippen molar-refractivity contribution in [3.05, 3.63) is 0 Å². The molecule has 0 radical (unpaired) electrons. The molecule has 2 unspecified atom stereocenters. The molecule has 12 heavy (non-hydrogen) atoms. The number of hydrogen-bond donors (Lipinski definition) is 1. The third kappa shape index (κ3) is 1.20. The molecule has 2 aliphatic rings. The van der Waals surface area contributed by atoms with Crippen LogP contribution in [-0.2, 0) is 0 Å². The molecule has 3 atom stereocenters. The molecule has 0 amide bonds. The third-order valence-electron chi connectivity index (χ3n) is 4.06. The highest BCUT2D eigenvalue weighted by atomic mass is 32.1. The van der Waals surface area contributed by atoms with Crippen molar-refractivity contribution in [1.82, 2.24) is 4.90 Å². The summed E-state index contributed by atoms with van der Waals surface area (Å²) in [6.45, 7) is 7.18. The maximum absolute atomic E-state index is 4.49. The molecule has 0 N–H and O–H groups in total. The monoisotopic (exact) mass is 185 g/mol. The molecule has 1 aliphatic heterocycles. The molecule has 70 valence electrons. The van der Waals surface area contributed by atoms with Crippen LogP contribution in [0.2, 0.25) is 0 Å². The second-order valence-electron chi connectivity index (χ2n) is 4.65. The predicted molar refractivity (Wildman–Crippen MR) is 55.5 cm³/mol. The van der Waals surface area contributed by atoms with E-state index in [4.69, 9.17) is 0 Å². The minimum absolute atomic E-state index is 0.456. The lowest BCUT2D eigenvalue weighted by Crippen LogP contribution is -2.41. The van der Waals surface area contributed by atoms with Crippen LogP contribution in [0.1, 0.15) is 33.1 Å². The summed E-state index contributed by atoms with van der Waals surface area (Å²) < 4.78 is 0. The average molecular weight is 185 g/mol. The van der Waals surface area contributed by atoms with Crippen LogP contribution in [0.25, 0.3) is 0 Å². The van der Waals surface area contributed by atoms with Gasteiger partial charge in [-0.2, -0.15) is 12.6 Å². The van der Waals surface area contributed by atoms with Gasteiger partial charge in [0.15, 0.2) is 0 Å². The van der Waals surface area contributed by atoms with Gasteiger partial charge in [0.1, 0.15) is 0 Å². The van der Waals surface area contributed by atoms with Gasteiger partial charge in [-0.3, -0.25) is 4.90 Å². The first-order chi connectivity index (χ1) is 5.64. The van der Waals surface area contributed by atoms with Crippen molar-refractivity contribution in [2.24, 2.45) is 11.3 Å². The molecular formula is C10H19NS. The van der Waals surface area contributed by atoms with Crippen molar-refractivity contribution in [3.8, 4) is 0 Å². The topological polar surface area (TPSA) is 3.24 Å². The Bertz CT molecular complexity index is 181. The summed E-state index contributed by atoms with van der Waals surface area (Å²) in [5.74, 6) is 0.967. The van der Waals surface area contributed by atoms with Crippen LogP contribution in [0.5, 0.6) is 0 Å². The van der Waals surface area contributed by atoms with Gasteiger partial charge in [-0.25, -0.2) is 0 Å². The van der Waals surface area contributed by atoms with Gasteiger partial charge < -0.3 is 0 Å². The standard InChI is InChI=1S/C10H19NS/c1-8-3-4-10(8)5-6-11(7-10)9(2)12/h8-9,12H,3-7H2,1-2H3/t8-,9?,10?/m0/s1. The van der Waals surface area contributed by atoms with E-state index < -0.39 is 0 Å². The summed E-state index contributed by atoms with van der Waals surface area (Å²) in [4.78, 5) is 2.51. The molecule has 1 spiro atoms. The Morgan fingerprint density at radius 2 is 2.25 bits per heavy atom. The van der Waals surface area contributed by atoms with Crippen LogP contribution in [0.15, 0.2) is 0 Å². The quantitative estimate of drug-likeness (QED) is 0.614. The Hall–Kier alpha value is 0.310. The van der Waals surface area contributed by atoms with Crippen molar-refractivity contribution in [3.63, 3.8) is 0 Å². The number of nitrogens with zero attached hydrogens (tertiary/aromatic N) is 1. The molecule has 0 bridgehead atoms. The molecule has 1 aliphatic carbocycles. The Morgan fingerprint density at radius 3 is 2.50 bits per heavy atom. The van der Waals surface area contributed by atoms with E-state index in [9.17, 15) is 0 Å². The molecule has 1 saturated heterocycles. The number of rotatable bonds is 1. The average Bonchev–Trinajstić information content (AvgIpc) is 2.48. The molecule has 1 saturated carbocycles. The summed E-state index contributed by atoms with van der Waals surface area (Å²) in [7, 11) is 0. The molecule has 0 aromatic heterocycles. The molecule has 2 rings (SSSR count). The van der Waals surface area contributed by atoms with Crippen molar-refractivity contribution in [2.75, 3.05) is 13.1 Å². The molecule has 2 heteroatoms. The first kappa shape index (κ1) is 8.89. The van der Waals surface area contributed by atoms with Crippen molar-refractivity contribution in [2.45, 2.75) is 38.5 Å². The van der Waals surface area contributed by atoms with Crippen LogP contribution >= 0.6 is 12.6 Å². The van der Waals surface area contributed by atoms with Crippen LogP contribution in [0.4, 0.5) is 0 Å². The van der Waals surface area contributed by atoms with E-state index in [1.54, 1.807) is 0 Å². The van der Waals surface area contributed by atoms with E-state index in [0.717, 1.165) is 5.92 Å². The highest BCUT2D eigenvalue weighted by molar-refractivity contribution is 7.80. The summed E-state index contributed by atoms with van der Waals surface area (Å²) in [5.41, 5.74) is 0.705. The van der Waals surface area contributed by atoms with Gasteiger partial charge in [0.25, 0.3) is 0 Å². The molecular weight excluding hydrogens is 166 g/mol. The van der Waals surface area contributed by atoms with E-state index in [1.807, 2.05) is 0 Å². The summed E-state index contributed by atoms with van der Waals surface area (Å²) in [6, 6.07) is 0. The number of likely N-dealkylation sites (tertiary alicyclic amines) is 1. The summed E-state index contributed by atoms with van der Waals surface area (Å²) in [6.07, 6.45) is 4.33. The van der Waals surface area contributed by atoms with Gasteiger partial charge in [0.2, 0.25) is 0 Å². The van der Waals surface area contributed by atoms with Crippen LogP contribution in [0, 0.1) is 11.3 Å². The van der Waals surface area contributed by atoms with E-state index in [1.165, 1.54) is 32.4 Å². The molecule has 0 aromatic rings. The zero-order valence-electron chi connectivity index (χ0n) is 8.08. The second-order valence-corrected chi connectivity index (χ2v) is 5.40. The zero-order chi connectivity index (χ0) is 8.77. The first-order valence-electron chi connectivity index (χ1n) is 5.06. The van der Waals surface area contributed by atoms with Gasteiger partial charge in [0.05, 0.1) is 0 Å². The van der Waals surface area contributed by atoms with E-state index in [-0.39, 0.29) is 0 Å². The van der Waals surface area contributed by atoms with Crippen LogP contribution in [-0.4, -0.2) is 23.4 Å². The van der Waals surface area contributed by atoms with Gasteiger partial charge in [-0.1, -0.05) is 6.92 Å². The lowest BCUT2D eigenvalue weighted by Gasteiger charge is -2.45. The maximum Gasteiger partial charge on any atom is 0.0499 e. The summed E-state index contributed by atoms with van der Waals surface area (Å²) in [5, 5.41) is 0.456. The van der Waals surface area contributed by atoms with E-state index >= 15 is 0 Å². The third-order valence-corrected chi connectivity index (χ3v) is 4.39. The smallest absolute Gasteiger partial charge is 0.0499 e. The largest absolute Gasteiger partial charge is 0.291 e. The highest BCUT2D eigenvalue weighted by Crippen LogP contribution is 2.52. The Kier molecular flexibility index (Phi) is 2.16. The molecule has 1 heterocycles. The van der Waals surface area contributed by atoms with Crippen LogP contribution in [0.3, 0.4) is 0 Å². The fraction of sp³-hybridized carbons (Fsp3) is 1.00. The fourth-order valence-corrected chi connectivity index (χ4v) is 2.89. The SMILES string of the molecule is CC(S)N1CCC2(CC[C@@H]2C)C1. The number of hydrogen-bond acceptors (Lipinski definition) is 2. The van der Waals surface area contributed by atoms with Gasteiger partial charge in [-0.05, 0) is 44.1 Å². The molecule has 0 aromatic carbocycles. The highest BCUT2D eigenvalue weighted by Gasteiger charge is 2.48. The Morgan fingerprint density at radius 1 is 1.50 bits per heavy atom. The normalized spacial score (nSPS) is 44.8. The minimum atomic E-state index is 0.456. The zero-order valence-corrected chi connectivity index (χ0v) is 8.98. The van der Waals surface area contributed by atoms with Crippen LogP contribution < -0.4 is 0 Å². The molecule has 2 fully saturated rings. The Labute approximate surface area is 80.9 Å². The minimum Gasteiger partial charge on any atom is -0.291 e. The number of thiol groups is 1. The summed E-state index contributed by atoms with van der Waals surface area (Å²) >= 11 is 4.49. The van der Waals surface area contributed by atoms with Gasteiger partial charge in [0, 0.05) is 11.9 Å². The van der Waals surface area contributed by atoms with Crippen molar-refractivity contribution < 1.29 is 0 Å². The van der Waals surface area contributed by atoms with Gasteiger partial charge in [-0.15, -0.1) is 0 Å². The first-order valence-corrected chi connectivity index (χ1v) is 5.58. The van der Waals surface area contributed by atoms with E-state index in [2.05, 4.69) is 31.4 Å². The molecule has 1 nitrogen and oxygen atoms in total. The lowest BCUT2D eigenvalue weighted by atomic mass is 9.60. The lowest BCUT2D eigenvalue weighted by molar-refractivity contribution is 0.0529. The Balaban J connectivity index is 1.97.